The molecule has 1 unspecified atom stereocenters. The summed E-state index contributed by atoms with van der Waals surface area (Å²) in [4.78, 5) is 22.6. The van der Waals surface area contributed by atoms with E-state index < -0.39 is 23.7 Å². The van der Waals surface area contributed by atoms with Gasteiger partial charge in [-0.2, -0.15) is 13.2 Å². The standard InChI is InChI=1S/C11H7F3O3/c12-11(13,14)10(17)8-3-5-1-2-6(15)4-7(5)9(8)16/h1-2,4,8,15H,3H2. The number of aromatic hydroxyl groups is 1. The molecular weight excluding hydrogens is 237 g/mol. The van der Waals surface area contributed by atoms with Crippen molar-refractivity contribution in [3.05, 3.63) is 29.3 Å². The van der Waals surface area contributed by atoms with Crippen molar-refractivity contribution < 1.29 is 27.9 Å². The lowest BCUT2D eigenvalue weighted by Crippen LogP contribution is -2.33. The Bertz CT molecular complexity index is 505. The molecule has 0 aromatic heterocycles. The zero-order chi connectivity index (χ0) is 12.8. The van der Waals surface area contributed by atoms with Gasteiger partial charge in [0.2, 0.25) is 5.78 Å². The summed E-state index contributed by atoms with van der Waals surface area (Å²) in [5.41, 5.74) is 0.350. The molecule has 0 saturated carbocycles. The third-order valence-electron chi connectivity index (χ3n) is 2.70. The zero-order valence-electron chi connectivity index (χ0n) is 8.41. The number of carbonyl (C=O) groups is 2. The molecule has 17 heavy (non-hydrogen) atoms. The van der Waals surface area contributed by atoms with E-state index >= 15 is 0 Å². The van der Waals surface area contributed by atoms with Crippen LogP contribution in [0.25, 0.3) is 0 Å². The van der Waals surface area contributed by atoms with Gasteiger partial charge in [0.15, 0.2) is 5.78 Å². The van der Waals surface area contributed by atoms with E-state index in [1.807, 2.05) is 0 Å². The third kappa shape index (κ3) is 1.90. The molecule has 1 aromatic carbocycles. The molecule has 90 valence electrons. The van der Waals surface area contributed by atoms with Crippen LogP contribution >= 0.6 is 0 Å². The summed E-state index contributed by atoms with van der Waals surface area (Å²) < 4.78 is 36.7. The molecule has 6 heteroatoms. The molecule has 0 radical (unpaired) electrons. The quantitative estimate of drug-likeness (QED) is 0.767. The van der Waals surface area contributed by atoms with Crippen LogP contribution in [0.1, 0.15) is 15.9 Å². The number of rotatable bonds is 1. The largest absolute Gasteiger partial charge is 0.508 e. The van der Waals surface area contributed by atoms with E-state index in [0.29, 0.717) is 5.56 Å². The lowest BCUT2D eigenvalue weighted by atomic mass is 9.99. The van der Waals surface area contributed by atoms with E-state index in [9.17, 15) is 22.8 Å². The Morgan fingerprint density at radius 3 is 2.59 bits per heavy atom. The molecule has 0 fully saturated rings. The fourth-order valence-electron chi connectivity index (χ4n) is 1.88. The molecule has 0 bridgehead atoms. The molecule has 1 aromatic rings. The molecule has 0 aliphatic heterocycles. The number of Topliss-reactive ketones (excluding diaryl/α,β-unsaturated/α-hetero) is 2. The highest BCUT2D eigenvalue weighted by Crippen LogP contribution is 2.33. The van der Waals surface area contributed by atoms with E-state index in [2.05, 4.69) is 0 Å². The minimum atomic E-state index is -5.01. The van der Waals surface area contributed by atoms with Crippen molar-refractivity contribution in [1.82, 2.24) is 0 Å². The number of fused-ring (bicyclic) bond motifs is 1. The van der Waals surface area contributed by atoms with Crippen LogP contribution in [-0.4, -0.2) is 22.8 Å². The summed E-state index contributed by atoms with van der Waals surface area (Å²) in [6.45, 7) is 0. The lowest BCUT2D eigenvalue weighted by Gasteiger charge is -2.09. The molecular formula is C11H7F3O3. The molecule has 0 amide bonds. The first-order valence-electron chi connectivity index (χ1n) is 4.78. The van der Waals surface area contributed by atoms with Crippen LogP contribution in [0.3, 0.4) is 0 Å². The Kier molecular flexibility index (Phi) is 2.45. The first-order chi connectivity index (χ1) is 7.80. The highest BCUT2D eigenvalue weighted by molar-refractivity contribution is 6.15. The van der Waals surface area contributed by atoms with Crippen LogP contribution in [0.15, 0.2) is 18.2 Å². The maximum Gasteiger partial charge on any atom is 0.450 e. The zero-order valence-corrected chi connectivity index (χ0v) is 8.41. The lowest BCUT2D eigenvalue weighted by molar-refractivity contribution is -0.173. The summed E-state index contributed by atoms with van der Waals surface area (Å²) in [5.74, 6) is -4.82. The average Bonchev–Trinajstić information content (AvgIpc) is 2.54. The number of halogens is 3. The Morgan fingerprint density at radius 1 is 1.35 bits per heavy atom. The Morgan fingerprint density at radius 2 is 2.00 bits per heavy atom. The predicted molar refractivity (Wildman–Crippen MR) is 50.7 cm³/mol. The maximum absolute atomic E-state index is 12.2. The van der Waals surface area contributed by atoms with E-state index in [1.54, 1.807) is 0 Å². The van der Waals surface area contributed by atoms with E-state index in [4.69, 9.17) is 5.11 Å². The fourth-order valence-corrected chi connectivity index (χ4v) is 1.88. The van der Waals surface area contributed by atoms with Crippen LogP contribution < -0.4 is 0 Å². The van der Waals surface area contributed by atoms with Crippen molar-refractivity contribution in [2.45, 2.75) is 12.6 Å². The second-order valence-electron chi connectivity index (χ2n) is 3.82. The minimum absolute atomic E-state index is 0.00685. The second kappa shape index (κ2) is 3.58. The predicted octanol–water partition coefficient (Wildman–Crippen LogP) is 1.88. The number of ketones is 2. The van der Waals surface area contributed by atoms with E-state index in [0.717, 1.165) is 6.07 Å². The van der Waals surface area contributed by atoms with Crippen molar-refractivity contribution in [1.29, 1.82) is 0 Å². The topological polar surface area (TPSA) is 54.4 Å². The smallest absolute Gasteiger partial charge is 0.450 e. The van der Waals surface area contributed by atoms with Crippen molar-refractivity contribution in [3.63, 3.8) is 0 Å². The second-order valence-corrected chi connectivity index (χ2v) is 3.82. The monoisotopic (exact) mass is 244 g/mol. The molecule has 3 nitrogen and oxygen atoms in total. The molecule has 1 N–H and O–H groups in total. The van der Waals surface area contributed by atoms with Gasteiger partial charge in [-0.05, 0) is 24.1 Å². The van der Waals surface area contributed by atoms with Crippen LogP contribution in [0.4, 0.5) is 13.2 Å². The average molecular weight is 244 g/mol. The summed E-state index contributed by atoms with van der Waals surface area (Å²) >= 11 is 0. The number of phenolic OH excluding ortho intramolecular Hbond substituents is 1. The summed E-state index contributed by atoms with van der Waals surface area (Å²) in [6.07, 6.45) is -5.27. The first-order valence-corrected chi connectivity index (χ1v) is 4.78. The number of hydrogen-bond acceptors (Lipinski definition) is 3. The van der Waals surface area contributed by atoms with Crippen LogP contribution in [0, 0.1) is 5.92 Å². The van der Waals surface area contributed by atoms with Crippen LogP contribution in [-0.2, 0) is 11.2 Å². The van der Waals surface area contributed by atoms with Gasteiger partial charge >= 0.3 is 6.18 Å². The fraction of sp³-hybridized carbons (Fsp3) is 0.273. The Hall–Kier alpha value is -1.85. The minimum Gasteiger partial charge on any atom is -0.508 e. The van der Waals surface area contributed by atoms with Crippen LogP contribution in [0.5, 0.6) is 5.75 Å². The van der Waals surface area contributed by atoms with Crippen molar-refractivity contribution in [2.24, 2.45) is 5.92 Å². The molecule has 2 rings (SSSR count). The molecule has 1 atom stereocenters. The SMILES string of the molecule is O=C1c2cc(O)ccc2CC1C(=O)C(F)(F)F. The molecule has 0 spiro atoms. The van der Waals surface area contributed by atoms with Crippen LogP contribution in [0.2, 0.25) is 0 Å². The summed E-state index contributed by atoms with van der Waals surface area (Å²) in [5, 5.41) is 9.14. The molecule has 1 aliphatic carbocycles. The van der Waals surface area contributed by atoms with Gasteiger partial charge in [0, 0.05) is 5.56 Å². The van der Waals surface area contributed by atoms with Gasteiger partial charge in [0.1, 0.15) is 5.75 Å². The maximum atomic E-state index is 12.2. The number of hydrogen-bond donors (Lipinski definition) is 1. The van der Waals surface area contributed by atoms with Gasteiger partial charge in [0.05, 0.1) is 5.92 Å². The number of phenols is 1. The van der Waals surface area contributed by atoms with Gasteiger partial charge in [0.25, 0.3) is 0 Å². The number of carbonyl (C=O) groups excluding carboxylic acids is 2. The normalized spacial score (nSPS) is 19.2. The van der Waals surface area contributed by atoms with Crippen molar-refractivity contribution in [3.8, 4) is 5.75 Å². The number of alkyl halides is 3. The Labute approximate surface area is 93.9 Å². The van der Waals surface area contributed by atoms with Gasteiger partial charge in [-0.3, -0.25) is 9.59 Å². The van der Waals surface area contributed by atoms with Gasteiger partial charge in [-0.15, -0.1) is 0 Å². The van der Waals surface area contributed by atoms with E-state index in [1.165, 1.54) is 12.1 Å². The highest BCUT2D eigenvalue weighted by atomic mass is 19.4. The van der Waals surface area contributed by atoms with Gasteiger partial charge in [-0.25, -0.2) is 0 Å². The van der Waals surface area contributed by atoms with Gasteiger partial charge < -0.3 is 5.11 Å². The van der Waals surface area contributed by atoms with Gasteiger partial charge in [-0.1, -0.05) is 6.07 Å². The van der Waals surface area contributed by atoms with Crippen molar-refractivity contribution in [2.75, 3.05) is 0 Å². The summed E-state index contributed by atoms with van der Waals surface area (Å²) in [7, 11) is 0. The molecule has 1 aliphatic rings. The van der Waals surface area contributed by atoms with Crippen molar-refractivity contribution >= 4 is 11.6 Å². The molecule has 0 saturated heterocycles. The summed E-state index contributed by atoms with van der Waals surface area (Å²) in [6, 6.07) is 3.71. The first kappa shape index (κ1) is 11.6. The number of benzene rings is 1. The van der Waals surface area contributed by atoms with E-state index in [-0.39, 0.29) is 17.7 Å². The third-order valence-corrected chi connectivity index (χ3v) is 2.70. The highest BCUT2D eigenvalue weighted by Gasteiger charge is 2.48. The Balaban J connectivity index is 2.35. The molecule has 0 heterocycles.